The number of ether oxygens (including phenoxy) is 1. The van der Waals surface area contributed by atoms with E-state index in [2.05, 4.69) is 4.40 Å². The number of thiazole rings is 1. The largest absolute Gasteiger partial charge is 0.468 e. The number of carbonyl (C=O) groups is 1. The molecule has 3 aromatic rings. The predicted octanol–water partition coefficient (Wildman–Crippen LogP) is 3.19. The Morgan fingerprint density at radius 1 is 1.28 bits per heavy atom. The number of nitrogens with zero attached hydrogens (tertiary/aromatic N) is 2. The van der Waals surface area contributed by atoms with Crippen LogP contribution in [0.4, 0.5) is 0 Å². The van der Waals surface area contributed by atoms with Crippen molar-refractivity contribution in [3.05, 3.63) is 45.0 Å². The molecule has 1 aromatic carbocycles. The van der Waals surface area contributed by atoms with Crippen LogP contribution < -0.4 is 4.80 Å². The molecule has 0 saturated carbocycles. The zero-order valence-electron chi connectivity index (χ0n) is 13.2. The van der Waals surface area contributed by atoms with Gasteiger partial charge in [-0.15, -0.1) is 15.7 Å². The summed E-state index contributed by atoms with van der Waals surface area (Å²) in [4.78, 5) is 11.9. The van der Waals surface area contributed by atoms with E-state index in [0.29, 0.717) is 4.34 Å². The van der Waals surface area contributed by atoms with Gasteiger partial charge >= 0.3 is 5.97 Å². The van der Waals surface area contributed by atoms with Crippen molar-refractivity contribution in [3.63, 3.8) is 0 Å². The molecule has 6 nitrogen and oxygen atoms in total. The molecule has 132 valence electrons. The molecule has 0 fully saturated rings. The molecule has 0 radical (unpaired) electrons. The zero-order chi connectivity index (χ0) is 18.2. The van der Waals surface area contributed by atoms with E-state index >= 15 is 0 Å². The first-order valence-electron chi connectivity index (χ1n) is 7.03. The number of esters is 1. The van der Waals surface area contributed by atoms with Gasteiger partial charge in [0.05, 0.1) is 21.7 Å². The fraction of sp³-hybridized carbons (Fsp3) is 0.200. The van der Waals surface area contributed by atoms with Crippen LogP contribution in [-0.4, -0.2) is 26.1 Å². The molecule has 0 atom stereocenters. The number of halogens is 1. The summed E-state index contributed by atoms with van der Waals surface area (Å²) in [5, 5.41) is 0. The second kappa shape index (κ2) is 6.91. The number of benzene rings is 1. The van der Waals surface area contributed by atoms with Crippen molar-refractivity contribution in [1.82, 2.24) is 4.57 Å². The lowest BCUT2D eigenvalue weighted by Crippen LogP contribution is -2.22. The summed E-state index contributed by atoms with van der Waals surface area (Å²) in [5.74, 6) is -0.488. The van der Waals surface area contributed by atoms with Gasteiger partial charge in [0.15, 0.2) is 0 Å². The monoisotopic (exact) mass is 416 g/mol. The molecular formula is C15H13ClN2O4S3. The van der Waals surface area contributed by atoms with E-state index in [9.17, 15) is 13.2 Å². The first-order valence-corrected chi connectivity index (χ1v) is 10.5. The van der Waals surface area contributed by atoms with Gasteiger partial charge < -0.3 is 9.30 Å². The Kier molecular flexibility index (Phi) is 5.01. The Balaban J connectivity index is 2.23. The Morgan fingerprint density at radius 2 is 2.04 bits per heavy atom. The molecule has 25 heavy (non-hydrogen) atoms. The average molecular weight is 417 g/mol. The number of fused-ring (bicyclic) bond motifs is 1. The molecule has 10 heteroatoms. The summed E-state index contributed by atoms with van der Waals surface area (Å²) in [6.45, 7) is 1.81. The van der Waals surface area contributed by atoms with E-state index in [4.69, 9.17) is 16.3 Å². The van der Waals surface area contributed by atoms with Gasteiger partial charge in [0.25, 0.3) is 10.0 Å². The quantitative estimate of drug-likeness (QED) is 0.612. The van der Waals surface area contributed by atoms with Crippen molar-refractivity contribution in [2.45, 2.75) is 17.7 Å². The van der Waals surface area contributed by atoms with Crippen molar-refractivity contribution < 1.29 is 17.9 Å². The first kappa shape index (κ1) is 18.1. The molecule has 2 aromatic heterocycles. The van der Waals surface area contributed by atoms with Crippen LogP contribution in [0.1, 0.15) is 5.56 Å². The molecule has 0 unspecified atom stereocenters. The van der Waals surface area contributed by atoms with Crippen molar-refractivity contribution >= 4 is 60.5 Å². The Labute approximate surface area is 157 Å². The fourth-order valence-electron chi connectivity index (χ4n) is 2.18. The van der Waals surface area contributed by atoms with E-state index < -0.39 is 16.0 Å². The minimum Gasteiger partial charge on any atom is -0.468 e. The topological polar surface area (TPSA) is 77.7 Å². The van der Waals surface area contributed by atoms with Gasteiger partial charge in [-0.25, -0.2) is 0 Å². The summed E-state index contributed by atoms with van der Waals surface area (Å²) >= 11 is 7.95. The lowest BCUT2D eigenvalue weighted by molar-refractivity contribution is -0.141. The number of thiophene rings is 1. The van der Waals surface area contributed by atoms with Crippen molar-refractivity contribution in [3.8, 4) is 0 Å². The van der Waals surface area contributed by atoms with E-state index in [1.165, 1.54) is 35.1 Å². The standard InChI is InChI=1S/C15H13ClN2O4S3/c1-9-3-4-10-11(7-9)23-15(18(10)8-13(19)22-2)17-25(20,21)14-6-5-12(16)24-14/h3-7H,8H2,1-2H3/b17-15-. The molecule has 0 amide bonds. The normalized spacial score (nSPS) is 12.7. The number of methoxy groups -OCH3 is 1. The highest BCUT2D eigenvalue weighted by Crippen LogP contribution is 2.27. The minimum atomic E-state index is -3.92. The smallest absolute Gasteiger partial charge is 0.325 e. The molecule has 0 aliphatic heterocycles. The van der Waals surface area contributed by atoms with Crippen molar-refractivity contribution in [1.29, 1.82) is 0 Å². The number of sulfonamides is 1. The highest BCUT2D eigenvalue weighted by Gasteiger charge is 2.18. The van der Waals surface area contributed by atoms with Gasteiger partial charge in [0, 0.05) is 0 Å². The van der Waals surface area contributed by atoms with Gasteiger partial charge in [0.1, 0.15) is 10.8 Å². The van der Waals surface area contributed by atoms with E-state index in [1.807, 2.05) is 25.1 Å². The zero-order valence-corrected chi connectivity index (χ0v) is 16.4. The van der Waals surface area contributed by atoms with Gasteiger partial charge in [-0.1, -0.05) is 29.0 Å². The van der Waals surface area contributed by atoms with Crippen LogP contribution in [0.25, 0.3) is 10.2 Å². The Hall–Kier alpha value is -1.68. The van der Waals surface area contributed by atoms with Gasteiger partial charge in [-0.2, -0.15) is 8.42 Å². The molecular weight excluding hydrogens is 404 g/mol. The van der Waals surface area contributed by atoms with E-state index in [0.717, 1.165) is 27.1 Å². The fourth-order valence-corrected chi connectivity index (χ4v) is 5.97. The molecule has 0 spiro atoms. The molecule has 2 heterocycles. The number of rotatable bonds is 4. The van der Waals surface area contributed by atoms with E-state index in [-0.39, 0.29) is 15.6 Å². The maximum absolute atomic E-state index is 12.5. The second-order valence-electron chi connectivity index (χ2n) is 5.14. The van der Waals surface area contributed by atoms with Crippen LogP contribution in [-0.2, 0) is 26.1 Å². The summed E-state index contributed by atoms with van der Waals surface area (Å²) in [5.41, 5.74) is 1.75. The maximum Gasteiger partial charge on any atom is 0.325 e. The molecule has 0 aliphatic carbocycles. The Morgan fingerprint density at radius 3 is 2.68 bits per heavy atom. The predicted molar refractivity (Wildman–Crippen MR) is 98.6 cm³/mol. The minimum absolute atomic E-state index is 0.0516. The summed E-state index contributed by atoms with van der Waals surface area (Å²) in [7, 11) is -2.64. The number of hydrogen-bond acceptors (Lipinski definition) is 6. The third-order valence-corrected chi connectivity index (χ3v) is 7.48. The second-order valence-corrected chi connectivity index (χ2v) is 9.70. The van der Waals surface area contributed by atoms with Crippen molar-refractivity contribution in [2.24, 2.45) is 4.40 Å². The lowest BCUT2D eigenvalue weighted by Gasteiger charge is -2.03. The van der Waals surface area contributed by atoms with Crippen LogP contribution >= 0.6 is 34.3 Å². The van der Waals surface area contributed by atoms with Crippen LogP contribution in [0.2, 0.25) is 4.34 Å². The van der Waals surface area contributed by atoms with Crippen molar-refractivity contribution in [2.75, 3.05) is 7.11 Å². The van der Waals surface area contributed by atoms with E-state index in [1.54, 1.807) is 0 Å². The molecule has 0 bridgehead atoms. The third kappa shape index (κ3) is 3.79. The SMILES string of the molecule is COC(=O)Cn1/c(=N/S(=O)(=O)c2ccc(Cl)s2)sc2cc(C)ccc21. The highest BCUT2D eigenvalue weighted by molar-refractivity contribution is 7.92. The number of aryl methyl sites for hydroxylation is 1. The van der Waals surface area contributed by atoms with Crippen LogP contribution in [0.15, 0.2) is 38.9 Å². The number of carbonyl (C=O) groups excluding carboxylic acids is 1. The van der Waals surface area contributed by atoms with Crippen LogP contribution in [0, 0.1) is 6.92 Å². The third-order valence-electron chi connectivity index (χ3n) is 3.35. The molecule has 0 N–H and O–H groups in total. The van der Waals surface area contributed by atoms with Crippen LogP contribution in [0.5, 0.6) is 0 Å². The number of aromatic nitrogens is 1. The highest BCUT2D eigenvalue weighted by atomic mass is 35.5. The summed E-state index contributed by atoms with van der Waals surface area (Å²) < 4.78 is 36.5. The summed E-state index contributed by atoms with van der Waals surface area (Å²) in [6, 6.07) is 8.55. The Bertz CT molecular complexity index is 1130. The first-order chi connectivity index (χ1) is 11.8. The number of hydrogen-bond donors (Lipinski definition) is 0. The summed E-state index contributed by atoms with van der Waals surface area (Å²) in [6.07, 6.45) is 0. The lowest BCUT2D eigenvalue weighted by atomic mass is 10.2. The van der Waals surface area contributed by atoms with Crippen LogP contribution in [0.3, 0.4) is 0 Å². The molecule has 3 rings (SSSR count). The average Bonchev–Trinajstić information content (AvgIpc) is 3.11. The van der Waals surface area contributed by atoms with Gasteiger partial charge in [-0.05, 0) is 36.8 Å². The molecule has 0 saturated heterocycles. The van der Waals surface area contributed by atoms with Gasteiger partial charge in [-0.3, -0.25) is 4.79 Å². The molecule has 0 aliphatic rings. The van der Waals surface area contributed by atoms with Gasteiger partial charge in [0.2, 0.25) is 4.80 Å². The maximum atomic E-state index is 12.5.